The number of methoxy groups -OCH3 is 1. The van der Waals surface area contributed by atoms with E-state index in [4.69, 9.17) is 4.74 Å². The summed E-state index contributed by atoms with van der Waals surface area (Å²) in [5.41, 5.74) is 3.13. The smallest absolute Gasteiger partial charge is 0.295 e. The molecule has 0 atom stereocenters. The molecule has 10 heteroatoms. The molecule has 9 nitrogen and oxygen atoms in total. The van der Waals surface area contributed by atoms with Crippen molar-refractivity contribution in [2.45, 2.75) is 12.8 Å². The number of hydrogen-bond donors (Lipinski definition) is 1. The average Bonchev–Trinajstić information content (AvgIpc) is 3.58. The summed E-state index contributed by atoms with van der Waals surface area (Å²) in [4.78, 5) is 39.4. The van der Waals surface area contributed by atoms with Crippen LogP contribution in [-0.2, 0) is 4.79 Å². The molecule has 0 radical (unpaired) electrons. The molecule has 4 aromatic rings. The number of H-pyrrole nitrogens is 1. The quantitative estimate of drug-likeness (QED) is 0.317. The largest absolute Gasteiger partial charge is 0.494 e. The minimum absolute atomic E-state index is 0.243. The SMILES string of the molecule is COc1cnc(-n2cncn2)c2[nH]cc(C(=O)C(=O)N3CCC(=C(Br)c4ccccc4)CC3)c12. The van der Waals surface area contributed by atoms with Crippen LogP contribution in [0.4, 0.5) is 0 Å². The van der Waals surface area contributed by atoms with E-state index in [0.29, 0.717) is 48.4 Å². The molecule has 0 unspecified atom stereocenters. The maximum atomic E-state index is 13.3. The number of carbonyl (C=O) groups is 2. The lowest BCUT2D eigenvalue weighted by Gasteiger charge is -2.28. The van der Waals surface area contributed by atoms with E-state index in [1.54, 1.807) is 4.90 Å². The Bertz CT molecular complexity index is 1390. The predicted molar refractivity (Wildman–Crippen MR) is 130 cm³/mol. The summed E-state index contributed by atoms with van der Waals surface area (Å²) in [6.07, 6.45) is 7.34. The summed E-state index contributed by atoms with van der Waals surface area (Å²) in [7, 11) is 1.50. The highest BCUT2D eigenvalue weighted by Crippen LogP contribution is 2.33. The predicted octanol–water partition coefficient (Wildman–Crippen LogP) is 3.76. The van der Waals surface area contributed by atoms with Crippen LogP contribution >= 0.6 is 15.9 Å². The van der Waals surface area contributed by atoms with Crippen molar-refractivity contribution in [3.63, 3.8) is 0 Å². The van der Waals surface area contributed by atoms with Crippen molar-refractivity contribution >= 4 is 43.0 Å². The fourth-order valence-electron chi connectivity index (χ4n) is 4.18. The second-order valence-corrected chi connectivity index (χ2v) is 8.64. The second-order valence-electron chi connectivity index (χ2n) is 7.85. The van der Waals surface area contributed by atoms with Crippen molar-refractivity contribution in [1.29, 1.82) is 0 Å². The first-order valence-corrected chi connectivity index (χ1v) is 11.5. The van der Waals surface area contributed by atoms with Gasteiger partial charge in [-0.2, -0.15) is 5.10 Å². The van der Waals surface area contributed by atoms with Gasteiger partial charge in [0.15, 0.2) is 5.82 Å². The van der Waals surface area contributed by atoms with Crippen LogP contribution in [0.3, 0.4) is 0 Å². The summed E-state index contributed by atoms with van der Waals surface area (Å²) < 4.78 is 7.98. The van der Waals surface area contributed by atoms with Gasteiger partial charge < -0.3 is 14.6 Å². The molecule has 1 saturated heterocycles. The van der Waals surface area contributed by atoms with Crippen molar-refractivity contribution in [2.75, 3.05) is 20.2 Å². The maximum absolute atomic E-state index is 13.3. The number of pyridine rings is 1. The highest BCUT2D eigenvalue weighted by atomic mass is 79.9. The van der Waals surface area contributed by atoms with Crippen LogP contribution in [0, 0.1) is 0 Å². The van der Waals surface area contributed by atoms with E-state index in [-0.39, 0.29) is 5.56 Å². The van der Waals surface area contributed by atoms with Gasteiger partial charge in [0.2, 0.25) is 0 Å². The number of aromatic amines is 1. The molecule has 0 aliphatic carbocycles. The molecule has 3 aromatic heterocycles. The Morgan fingerprint density at radius 3 is 2.59 bits per heavy atom. The van der Waals surface area contributed by atoms with Gasteiger partial charge in [-0.1, -0.05) is 51.8 Å². The topological polar surface area (TPSA) is 106 Å². The van der Waals surface area contributed by atoms with Gasteiger partial charge in [0.25, 0.3) is 11.7 Å². The molecule has 1 N–H and O–H groups in total. The molecule has 1 aromatic carbocycles. The van der Waals surface area contributed by atoms with Gasteiger partial charge in [0.1, 0.15) is 18.4 Å². The van der Waals surface area contributed by atoms with Gasteiger partial charge in [-0.3, -0.25) is 9.59 Å². The van der Waals surface area contributed by atoms with E-state index in [9.17, 15) is 9.59 Å². The number of piperidine rings is 1. The molecule has 1 aliphatic heterocycles. The number of nitrogens with one attached hydrogen (secondary N) is 1. The van der Waals surface area contributed by atoms with Crippen molar-refractivity contribution in [3.8, 4) is 11.6 Å². The Morgan fingerprint density at radius 2 is 1.91 bits per heavy atom. The zero-order chi connectivity index (χ0) is 23.7. The summed E-state index contributed by atoms with van der Waals surface area (Å²) in [6.45, 7) is 0.959. The van der Waals surface area contributed by atoms with Crippen LogP contribution in [0.5, 0.6) is 5.75 Å². The minimum atomic E-state index is -0.588. The van der Waals surface area contributed by atoms with Crippen molar-refractivity contribution in [1.82, 2.24) is 29.6 Å². The van der Waals surface area contributed by atoms with E-state index in [2.05, 4.69) is 36.0 Å². The molecule has 172 valence electrons. The lowest BCUT2D eigenvalue weighted by atomic mass is 10.00. The van der Waals surface area contributed by atoms with Crippen molar-refractivity contribution in [3.05, 3.63) is 72.1 Å². The lowest BCUT2D eigenvalue weighted by Crippen LogP contribution is -2.40. The van der Waals surface area contributed by atoms with E-state index >= 15 is 0 Å². The summed E-state index contributed by atoms with van der Waals surface area (Å²) >= 11 is 3.70. The first-order chi connectivity index (χ1) is 16.6. The van der Waals surface area contributed by atoms with E-state index in [1.807, 2.05) is 30.3 Å². The Labute approximate surface area is 203 Å². The molecule has 1 aliphatic rings. The molecule has 0 saturated carbocycles. The molecule has 0 bridgehead atoms. The van der Waals surface area contributed by atoms with Gasteiger partial charge in [-0.15, -0.1) is 0 Å². The molecule has 4 heterocycles. The van der Waals surface area contributed by atoms with Crippen LogP contribution in [0.1, 0.15) is 28.8 Å². The van der Waals surface area contributed by atoms with Crippen molar-refractivity contribution in [2.24, 2.45) is 0 Å². The molecular weight excluding hydrogens is 500 g/mol. The number of aromatic nitrogens is 5. The lowest BCUT2D eigenvalue weighted by molar-refractivity contribution is -0.126. The number of benzene rings is 1. The standard InChI is InChI=1S/C24H21BrN6O3/c1-34-18-12-28-23(31-14-26-13-29-31)21-19(18)17(11-27-21)22(32)24(33)30-9-7-16(8-10-30)20(25)15-5-3-2-4-6-15/h2-6,11-14,27H,7-10H2,1H3. The number of fused-ring (bicyclic) bond motifs is 1. The average molecular weight is 521 g/mol. The van der Waals surface area contributed by atoms with Crippen LogP contribution in [-0.4, -0.2) is 61.5 Å². The number of amides is 1. The number of ether oxygens (including phenoxy) is 1. The number of rotatable bonds is 5. The van der Waals surface area contributed by atoms with Gasteiger partial charge in [-0.25, -0.2) is 14.6 Å². The Morgan fingerprint density at radius 1 is 1.15 bits per heavy atom. The molecular formula is C24H21BrN6O3. The first kappa shape index (κ1) is 22.0. The van der Waals surface area contributed by atoms with Crippen molar-refractivity contribution < 1.29 is 14.3 Å². The zero-order valence-corrected chi connectivity index (χ0v) is 19.9. The molecule has 34 heavy (non-hydrogen) atoms. The second kappa shape index (κ2) is 9.22. The number of likely N-dealkylation sites (tertiary alicyclic amines) is 1. The summed E-state index contributed by atoms with van der Waals surface area (Å²) in [5.74, 6) is -0.267. The van der Waals surface area contributed by atoms with E-state index in [1.165, 1.54) is 42.4 Å². The van der Waals surface area contributed by atoms with E-state index < -0.39 is 11.7 Å². The molecule has 1 amide bonds. The molecule has 5 rings (SSSR count). The number of hydrogen-bond acceptors (Lipinski definition) is 6. The van der Waals surface area contributed by atoms with Crippen LogP contribution in [0.15, 0.2) is 61.0 Å². The fraction of sp³-hybridized carbons (Fsp3) is 0.208. The first-order valence-electron chi connectivity index (χ1n) is 10.7. The number of Topliss-reactive ketones (excluding diaryl/α,β-unsaturated/α-hetero) is 1. The Hall–Kier alpha value is -3.79. The highest BCUT2D eigenvalue weighted by Gasteiger charge is 2.30. The van der Waals surface area contributed by atoms with Crippen LogP contribution in [0.25, 0.3) is 21.2 Å². The molecule has 0 spiro atoms. The highest BCUT2D eigenvalue weighted by molar-refractivity contribution is 9.15. The third kappa shape index (κ3) is 3.90. The summed E-state index contributed by atoms with van der Waals surface area (Å²) in [6, 6.07) is 10.1. The van der Waals surface area contributed by atoms with Crippen LogP contribution < -0.4 is 4.74 Å². The minimum Gasteiger partial charge on any atom is -0.494 e. The van der Waals surface area contributed by atoms with Gasteiger partial charge >= 0.3 is 0 Å². The Kier molecular flexibility index (Phi) is 5.97. The third-order valence-corrected chi connectivity index (χ3v) is 6.96. The van der Waals surface area contributed by atoms with Gasteiger partial charge in [0.05, 0.1) is 29.8 Å². The zero-order valence-electron chi connectivity index (χ0n) is 18.4. The van der Waals surface area contributed by atoms with Gasteiger partial charge in [-0.05, 0) is 18.4 Å². The van der Waals surface area contributed by atoms with Crippen LogP contribution in [0.2, 0.25) is 0 Å². The number of halogens is 1. The Balaban J connectivity index is 1.40. The third-order valence-electron chi connectivity index (χ3n) is 5.94. The fourth-order valence-corrected chi connectivity index (χ4v) is 4.84. The number of ketones is 1. The summed E-state index contributed by atoms with van der Waals surface area (Å²) in [5, 5.41) is 4.60. The number of nitrogens with zero attached hydrogens (tertiary/aromatic N) is 5. The van der Waals surface area contributed by atoms with E-state index in [0.717, 1.165) is 10.0 Å². The van der Waals surface area contributed by atoms with Gasteiger partial charge in [0, 0.05) is 23.8 Å². The monoisotopic (exact) mass is 520 g/mol. The normalized spacial score (nSPS) is 13.8. The maximum Gasteiger partial charge on any atom is 0.295 e. The molecule has 1 fully saturated rings. The number of carbonyl (C=O) groups excluding carboxylic acids is 2.